The maximum Gasteiger partial charge on any atom is 0.351 e. The predicted octanol–water partition coefficient (Wildman–Crippen LogP) is 3.96. The van der Waals surface area contributed by atoms with Crippen molar-refractivity contribution in [1.82, 2.24) is 4.98 Å². The molecule has 2 rings (SSSR count). The van der Waals surface area contributed by atoms with E-state index in [1.165, 1.54) is 31.3 Å². The number of aromatic nitrogens is 1. The van der Waals surface area contributed by atoms with Crippen LogP contribution in [0.3, 0.4) is 0 Å². The van der Waals surface area contributed by atoms with Crippen LogP contribution in [0, 0.1) is 5.41 Å². The fourth-order valence-corrected chi connectivity index (χ4v) is 3.76. The van der Waals surface area contributed by atoms with Gasteiger partial charge in [0, 0.05) is 6.04 Å². The van der Waals surface area contributed by atoms with E-state index in [9.17, 15) is 4.79 Å². The first-order valence-corrected chi connectivity index (χ1v) is 7.62. The first-order valence-electron chi connectivity index (χ1n) is 6.42. The maximum atomic E-state index is 11.5. The highest BCUT2D eigenvalue weighted by Crippen LogP contribution is 2.37. The normalized spacial score (nSPS) is 22.0. The van der Waals surface area contributed by atoms with Crippen molar-refractivity contribution in [3.63, 3.8) is 0 Å². The van der Waals surface area contributed by atoms with Crippen LogP contribution < -0.4 is 5.32 Å². The maximum absolute atomic E-state index is 11.5. The van der Waals surface area contributed by atoms with E-state index in [4.69, 9.17) is 11.6 Å². The van der Waals surface area contributed by atoms with Crippen molar-refractivity contribution in [2.45, 2.75) is 45.6 Å². The Balaban J connectivity index is 2.05. The largest absolute Gasteiger partial charge is 0.465 e. The topological polar surface area (TPSA) is 51.2 Å². The second-order valence-electron chi connectivity index (χ2n) is 5.73. The zero-order valence-corrected chi connectivity index (χ0v) is 13.0. The minimum atomic E-state index is -0.431. The second-order valence-corrected chi connectivity index (χ2v) is 7.09. The first-order chi connectivity index (χ1) is 8.91. The fourth-order valence-electron chi connectivity index (χ4n) is 2.58. The Morgan fingerprint density at radius 1 is 1.58 bits per heavy atom. The summed E-state index contributed by atoms with van der Waals surface area (Å²) < 4.78 is 4.67. The summed E-state index contributed by atoms with van der Waals surface area (Å²) >= 11 is 7.21. The van der Waals surface area contributed by atoms with Crippen LogP contribution in [0.15, 0.2) is 0 Å². The lowest BCUT2D eigenvalue weighted by Crippen LogP contribution is -2.31. The monoisotopic (exact) mass is 302 g/mol. The number of esters is 1. The predicted molar refractivity (Wildman–Crippen MR) is 78.1 cm³/mol. The molecule has 1 atom stereocenters. The highest BCUT2D eigenvalue weighted by molar-refractivity contribution is 7.18. The summed E-state index contributed by atoms with van der Waals surface area (Å²) in [5.74, 6) is -0.431. The number of carbonyl (C=O) groups excluding carboxylic acids is 1. The summed E-state index contributed by atoms with van der Waals surface area (Å²) in [6, 6.07) is 0.400. The molecule has 0 radical (unpaired) electrons. The molecule has 6 heteroatoms. The van der Waals surface area contributed by atoms with Crippen molar-refractivity contribution < 1.29 is 9.53 Å². The number of hydrogen-bond donors (Lipinski definition) is 1. The molecule has 1 N–H and O–H groups in total. The average Bonchev–Trinajstić information content (AvgIpc) is 2.68. The molecule has 4 nitrogen and oxygen atoms in total. The fraction of sp³-hybridized carbons (Fsp3) is 0.692. The molecule has 1 fully saturated rings. The van der Waals surface area contributed by atoms with E-state index in [1.54, 1.807) is 0 Å². The Bertz CT molecular complexity index is 473. The molecule has 0 amide bonds. The third-order valence-corrected chi connectivity index (χ3v) is 4.84. The van der Waals surface area contributed by atoms with Crippen LogP contribution in [-0.4, -0.2) is 24.1 Å². The van der Waals surface area contributed by atoms with Crippen molar-refractivity contribution in [2.24, 2.45) is 5.41 Å². The highest BCUT2D eigenvalue weighted by atomic mass is 35.5. The molecular weight excluding hydrogens is 284 g/mol. The van der Waals surface area contributed by atoms with E-state index < -0.39 is 5.97 Å². The molecular formula is C13H19ClN2O2S. The van der Waals surface area contributed by atoms with Crippen LogP contribution in [0.4, 0.5) is 5.13 Å². The van der Waals surface area contributed by atoms with Crippen LogP contribution >= 0.6 is 22.9 Å². The molecule has 1 aliphatic carbocycles. The van der Waals surface area contributed by atoms with Crippen molar-refractivity contribution >= 4 is 34.0 Å². The Morgan fingerprint density at radius 2 is 2.32 bits per heavy atom. The molecule has 1 heterocycles. The number of methoxy groups -OCH3 is 1. The number of halogens is 1. The summed E-state index contributed by atoms with van der Waals surface area (Å²) in [4.78, 5) is 16.0. The van der Waals surface area contributed by atoms with Gasteiger partial charge >= 0.3 is 5.97 Å². The van der Waals surface area contributed by atoms with Gasteiger partial charge in [0.2, 0.25) is 0 Å². The first kappa shape index (κ1) is 14.6. The summed E-state index contributed by atoms with van der Waals surface area (Å²) in [7, 11) is 1.34. The van der Waals surface area contributed by atoms with Gasteiger partial charge in [0.05, 0.1) is 7.11 Å². The van der Waals surface area contributed by atoms with E-state index in [0.717, 1.165) is 12.8 Å². The van der Waals surface area contributed by atoms with Crippen LogP contribution in [0.5, 0.6) is 0 Å². The number of nitrogens with one attached hydrogen (secondary N) is 1. The lowest BCUT2D eigenvalue weighted by atomic mass is 9.75. The second kappa shape index (κ2) is 5.67. The number of hydrogen-bond acceptors (Lipinski definition) is 5. The molecule has 106 valence electrons. The van der Waals surface area contributed by atoms with Crippen molar-refractivity contribution in [3.05, 3.63) is 10.0 Å². The standard InChI is InChI=1S/C13H19ClN2O2S/c1-13(2)6-4-5-8(7-13)15-12-16-10(14)9(19-12)11(17)18-3/h8H,4-7H2,1-3H3,(H,15,16). The lowest BCUT2D eigenvalue weighted by Gasteiger charge is -2.35. The molecule has 0 aliphatic heterocycles. The van der Waals surface area contributed by atoms with Crippen LogP contribution in [0.2, 0.25) is 5.15 Å². The van der Waals surface area contributed by atoms with E-state index in [0.29, 0.717) is 21.5 Å². The Labute approximate surface area is 122 Å². The van der Waals surface area contributed by atoms with Gasteiger partial charge in [-0.25, -0.2) is 9.78 Å². The van der Waals surface area contributed by atoms with Crippen LogP contribution in [0.25, 0.3) is 0 Å². The Kier molecular flexibility index (Phi) is 4.36. The highest BCUT2D eigenvalue weighted by Gasteiger charge is 2.28. The van der Waals surface area contributed by atoms with E-state index in [-0.39, 0.29) is 5.15 Å². The minimum Gasteiger partial charge on any atom is -0.465 e. The van der Waals surface area contributed by atoms with Gasteiger partial charge in [-0.3, -0.25) is 0 Å². The zero-order valence-electron chi connectivity index (χ0n) is 11.5. The smallest absolute Gasteiger partial charge is 0.351 e. The van der Waals surface area contributed by atoms with Gasteiger partial charge in [0.25, 0.3) is 0 Å². The summed E-state index contributed by atoms with van der Waals surface area (Å²) in [6.07, 6.45) is 4.72. The summed E-state index contributed by atoms with van der Waals surface area (Å²) in [6.45, 7) is 4.57. The number of carbonyl (C=O) groups is 1. The molecule has 0 bridgehead atoms. The molecule has 1 aromatic rings. The number of anilines is 1. The molecule has 0 aromatic carbocycles. The van der Waals surface area contributed by atoms with Crippen molar-refractivity contribution in [3.8, 4) is 0 Å². The summed E-state index contributed by atoms with van der Waals surface area (Å²) in [5, 5.41) is 4.31. The van der Waals surface area contributed by atoms with Gasteiger partial charge < -0.3 is 10.1 Å². The molecule has 1 aromatic heterocycles. The summed E-state index contributed by atoms with van der Waals surface area (Å²) in [5.41, 5.74) is 0.363. The van der Waals surface area contributed by atoms with Gasteiger partial charge in [-0.1, -0.05) is 43.2 Å². The Morgan fingerprint density at radius 3 is 2.95 bits per heavy atom. The van der Waals surface area contributed by atoms with E-state index >= 15 is 0 Å². The van der Waals surface area contributed by atoms with Gasteiger partial charge in [-0.2, -0.15) is 0 Å². The molecule has 1 unspecified atom stereocenters. The quantitative estimate of drug-likeness (QED) is 0.859. The molecule has 0 spiro atoms. The SMILES string of the molecule is COC(=O)c1sc(NC2CCCC(C)(C)C2)nc1Cl. The van der Waals surface area contributed by atoms with Crippen LogP contribution in [-0.2, 0) is 4.74 Å². The lowest BCUT2D eigenvalue weighted by molar-refractivity contribution is 0.0606. The average molecular weight is 303 g/mol. The minimum absolute atomic E-state index is 0.217. The van der Waals surface area contributed by atoms with Crippen LogP contribution in [0.1, 0.15) is 49.2 Å². The third-order valence-electron chi connectivity index (χ3n) is 3.49. The van der Waals surface area contributed by atoms with Gasteiger partial charge in [-0.15, -0.1) is 0 Å². The third kappa shape index (κ3) is 3.60. The number of ether oxygens (including phenoxy) is 1. The number of thiazole rings is 1. The molecule has 19 heavy (non-hydrogen) atoms. The number of nitrogens with zero attached hydrogens (tertiary/aromatic N) is 1. The van der Waals surface area contributed by atoms with Gasteiger partial charge in [0.1, 0.15) is 0 Å². The zero-order chi connectivity index (χ0) is 14.0. The van der Waals surface area contributed by atoms with Crippen molar-refractivity contribution in [1.29, 1.82) is 0 Å². The van der Waals surface area contributed by atoms with Gasteiger partial charge in [0.15, 0.2) is 15.2 Å². The van der Waals surface area contributed by atoms with E-state index in [2.05, 4.69) is 28.9 Å². The van der Waals surface area contributed by atoms with Gasteiger partial charge in [-0.05, 0) is 24.7 Å². The molecule has 0 saturated heterocycles. The molecule has 1 aliphatic rings. The Hall–Kier alpha value is -0.810. The molecule has 1 saturated carbocycles. The van der Waals surface area contributed by atoms with Crippen molar-refractivity contribution in [2.75, 3.05) is 12.4 Å². The van der Waals surface area contributed by atoms with E-state index in [1.807, 2.05) is 0 Å². The number of rotatable bonds is 3.